The summed E-state index contributed by atoms with van der Waals surface area (Å²) in [7, 11) is -9.92. The Morgan fingerprint density at radius 3 is 0.880 bits per heavy atom. The van der Waals surface area contributed by atoms with Crippen LogP contribution in [-0.4, -0.2) is 96.7 Å². The number of allylic oxidation sites excluding steroid dienone is 4. The number of unbranched alkanes of at least 4 members (excludes halogenated alkanes) is 34. The van der Waals surface area contributed by atoms with Crippen molar-refractivity contribution in [3.63, 3.8) is 0 Å². The highest BCUT2D eigenvalue weighted by Crippen LogP contribution is 2.45. The summed E-state index contributed by atoms with van der Waals surface area (Å²) < 4.78 is 68.3. The SMILES string of the molecule is CCCCCC/C=C\C=C/CCCCCCCC(=O)OC[C@H](COP(=O)(O)OCC(O)COP(=O)(O)OC[C@@H](COC(=O)CCCCCCCCCC(C)C)OC(=O)CCCCCCCCC(C)C)OC(=O)CCCCCCCCCCCCCCCCCC(C)C. The van der Waals surface area contributed by atoms with Gasteiger partial charge in [-0.1, -0.05) is 291 Å². The van der Waals surface area contributed by atoms with E-state index in [1.807, 2.05) is 0 Å². The first-order chi connectivity index (χ1) is 44.2. The van der Waals surface area contributed by atoms with Crippen LogP contribution in [0.25, 0.3) is 0 Å². The first kappa shape index (κ1) is 89.5. The third-order valence-corrected chi connectivity index (χ3v) is 18.2. The zero-order valence-corrected chi connectivity index (χ0v) is 61.3. The van der Waals surface area contributed by atoms with Gasteiger partial charge in [0.05, 0.1) is 26.4 Å². The number of esters is 4. The maximum atomic E-state index is 13.0. The molecule has 0 amide bonds. The molecule has 0 fully saturated rings. The summed E-state index contributed by atoms with van der Waals surface area (Å²) in [5, 5.41) is 10.6. The summed E-state index contributed by atoms with van der Waals surface area (Å²) in [4.78, 5) is 72.6. The zero-order chi connectivity index (χ0) is 68.0. The van der Waals surface area contributed by atoms with E-state index in [1.54, 1.807) is 0 Å². The van der Waals surface area contributed by atoms with Crippen molar-refractivity contribution in [3.8, 4) is 0 Å². The van der Waals surface area contributed by atoms with Crippen LogP contribution in [0.5, 0.6) is 0 Å². The first-order valence-corrected chi connectivity index (χ1v) is 40.2. The molecule has 0 saturated heterocycles. The molecule has 542 valence electrons. The Morgan fingerprint density at radius 1 is 0.337 bits per heavy atom. The van der Waals surface area contributed by atoms with Crippen molar-refractivity contribution in [2.45, 2.75) is 362 Å². The van der Waals surface area contributed by atoms with Crippen molar-refractivity contribution >= 4 is 39.5 Å². The number of carbonyl (C=O) groups excluding carboxylic acids is 4. The van der Waals surface area contributed by atoms with Gasteiger partial charge in [0.15, 0.2) is 12.2 Å². The lowest BCUT2D eigenvalue weighted by Crippen LogP contribution is -2.30. The van der Waals surface area contributed by atoms with Crippen LogP contribution in [0.3, 0.4) is 0 Å². The van der Waals surface area contributed by atoms with E-state index in [0.29, 0.717) is 37.5 Å². The predicted octanol–water partition coefficient (Wildman–Crippen LogP) is 20.6. The molecule has 0 rings (SSSR count). The number of rotatable bonds is 69. The van der Waals surface area contributed by atoms with Crippen LogP contribution < -0.4 is 0 Å². The summed E-state index contributed by atoms with van der Waals surface area (Å²) >= 11 is 0. The second kappa shape index (κ2) is 63.3. The van der Waals surface area contributed by atoms with E-state index in [0.717, 1.165) is 121 Å². The molecule has 5 atom stereocenters. The number of phosphoric acid groups is 2. The van der Waals surface area contributed by atoms with Crippen LogP contribution >= 0.6 is 15.6 Å². The van der Waals surface area contributed by atoms with E-state index in [4.69, 9.17) is 37.0 Å². The van der Waals surface area contributed by atoms with Gasteiger partial charge in [0, 0.05) is 25.7 Å². The predicted molar refractivity (Wildman–Crippen MR) is 372 cm³/mol. The molecule has 92 heavy (non-hydrogen) atoms. The number of aliphatic hydroxyl groups is 1. The van der Waals surface area contributed by atoms with Crippen molar-refractivity contribution in [1.82, 2.24) is 0 Å². The molecule has 0 spiro atoms. The Bertz CT molecular complexity index is 1890. The zero-order valence-electron chi connectivity index (χ0n) is 59.5. The Hall–Kier alpha value is -2.46. The van der Waals surface area contributed by atoms with E-state index < -0.39 is 97.5 Å². The van der Waals surface area contributed by atoms with Crippen LogP contribution in [0.4, 0.5) is 0 Å². The largest absolute Gasteiger partial charge is 0.472 e. The fourth-order valence-corrected chi connectivity index (χ4v) is 12.1. The molecule has 0 bridgehead atoms. The molecule has 0 aliphatic rings. The van der Waals surface area contributed by atoms with E-state index >= 15 is 0 Å². The van der Waals surface area contributed by atoms with Crippen molar-refractivity contribution < 1.29 is 80.2 Å². The molecule has 0 aromatic heterocycles. The van der Waals surface area contributed by atoms with Crippen LogP contribution in [0, 0.1) is 17.8 Å². The molecule has 3 unspecified atom stereocenters. The number of carbonyl (C=O) groups is 4. The fourth-order valence-electron chi connectivity index (χ4n) is 10.5. The highest BCUT2D eigenvalue weighted by molar-refractivity contribution is 7.47. The first-order valence-electron chi connectivity index (χ1n) is 37.2. The Morgan fingerprint density at radius 2 is 0.587 bits per heavy atom. The van der Waals surface area contributed by atoms with Gasteiger partial charge in [-0.3, -0.25) is 37.3 Å². The van der Waals surface area contributed by atoms with Crippen molar-refractivity contribution in [3.05, 3.63) is 24.3 Å². The molecule has 0 heterocycles. The van der Waals surface area contributed by atoms with E-state index in [-0.39, 0.29) is 25.7 Å². The quantitative estimate of drug-likeness (QED) is 0.0169. The summed E-state index contributed by atoms with van der Waals surface area (Å²) in [6.45, 7) is 11.7. The maximum Gasteiger partial charge on any atom is 0.472 e. The lowest BCUT2D eigenvalue weighted by Gasteiger charge is -2.21. The van der Waals surface area contributed by atoms with E-state index in [2.05, 4.69) is 72.8 Å². The minimum absolute atomic E-state index is 0.0988. The van der Waals surface area contributed by atoms with Gasteiger partial charge in [0.2, 0.25) is 0 Å². The van der Waals surface area contributed by atoms with Gasteiger partial charge in [0.25, 0.3) is 0 Å². The lowest BCUT2D eigenvalue weighted by molar-refractivity contribution is -0.161. The lowest BCUT2D eigenvalue weighted by atomic mass is 10.0. The summed E-state index contributed by atoms with van der Waals surface area (Å²) in [6, 6.07) is 0. The van der Waals surface area contributed by atoms with Crippen LogP contribution in [0.15, 0.2) is 24.3 Å². The van der Waals surface area contributed by atoms with Gasteiger partial charge in [-0.2, -0.15) is 0 Å². The van der Waals surface area contributed by atoms with Gasteiger partial charge < -0.3 is 33.8 Å². The topological polar surface area (TPSA) is 237 Å². The summed E-state index contributed by atoms with van der Waals surface area (Å²) in [6.07, 6.45) is 51.1. The van der Waals surface area contributed by atoms with Gasteiger partial charge in [0.1, 0.15) is 19.3 Å². The fraction of sp³-hybridized carbons (Fsp3) is 0.890. The summed E-state index contributed by atoms with van der Waals surface area (Å²) in [5.74, 6) is 0.0132. The number of hydrogen-bond donors (Lipinski definition) is 3. The van der Waals surface area contributed by atoms with E-state index in [9.17, 15) is 43.2 Å². The van der Waals surface area contributed by atoms with Crippen molar-refractivity contribution in [2.75, 3.05) is 39.6 Å². The molecule has 0 aliphatic heterocycles. The second-order valence-corrected chi connectivity index (χ2v) is 30.0. The van der Waals surface area contributed by atoms with Gasteiger partial charge in [-0.25, -0.2) is 9.13 Å². The van der Waals surface area contributed by atoms with Gasteiger partial charge in [-0.15, -0.1) is 0 Å². The molecule has 0 aromatic rings. The molecular formula is C73H138O17P2. The Labute approximate surface area is 561 Å². The third kappa shape index (κ3) is 66.2. The van der Waals surface area contributed by atoms with Crippen molar-refractivity contribution in [1.29, 1.82) is 0 Å². The molecule has 0 aromatic carbocycles. The molecule has 17 nitrogen and oxygen atoms in total. The maximum absolute atomic E-state index is 13.0. The van der Waals surface area contributed by atoms with Gasteiger partial charge in [-0.05, 0) is 69.1 Å². The standard InChI is InChI=1S/C73H138O17P2/c1-8-9-10-11-12-13-14-15-17-21-24-27-32-40-47-54-70(75)83-60-68(89-72(77)56-49-42-33-28-25-22-19-16-18-20-23-26-30-37-44-51-64(2)3)62-87-91(79,80)85-58-67(74)59-86-92(81,82)88-63-69(90-73(78)57-50-43-36-35-39-46-53-66(6)7)61-84-71(76)55-48-41-34-29-31-38-45-52-65(4)5/h13-15,17,64-69,74H,8-12,16,18-63H2,1-7H3,(H,79,80)(H,81,82)/b14-13-,17-15-/t67?,68-,69-/m1/s1. The average molecular weight is 1350 g/mol. The van der Waals surface area contributed by atoms with Crippen LogP contribution in [0.1, 0.15) is 344 Å². The van der Waals surface area contributed by atoms with Crippen LogP contribution in [-0.2, 0) is 65.4 Å². The highest BCUT2D eigenvalue weighted by Gasteiger charge is 2.30. The minimum atomic E-state index is -4.96. The van der Waals surface area contributed by atoms with Gasteiger partial charge >= 0.3 is 39.5 Å². The number of ether oxygens (including phenoxy) is 4. The minimum Gasteiger partial charge on any atom is -0.462 e. The molecule has 19 heteroatoms. The Kier molecular flexibility index (Phi) is 61.6. The second-order valence-electron chi connectivity index (χ2n) is 27.1. The molecule has 0 radical (unpaired) electrons. The highest BCUT2D eigenvalue weighted by atomic mass is 31.2. The molecule has 0 aliphatic carbocycles. The summed E-state index contributed by atoms with van der Waals surface area (Å²) in [5.41, 5.74) is 0. The van der Waals surface area contributed by atoms with E-state index in [1.165, 1.54) is 128 Å². The monoisotopic (exact) mass is 1350 g/mol. The van der Waals surface area contributed by atoms with Crippen LogP contribution in [0.2, 0.25) is 0 Å². The Balaban J connectivity index is 5.25. The third-order valence-electron chi connectivity index (χ3n) is 16.3. The average Bonchev–Trinajstić information content (AvgIpc) is 3.33. The number of phosphoric ester groups is 2. The molecule has 0 saturated carbocycles. The van der Waals surface area contributed by atoms with Crippen molar-refractivity contribution in [2.24, 2.45) is 17.8 Å². The normalized spacial score (nSPS) is 14.3. The smallest absolute Gasteiger partial charge is 0.462 e. The number of aliphatic hydroxyl groups excluding tert-OH is 1. The molecular weight excluding hydrogens is 1210 g/mol. The molecule has 3 N–H and O–H groups in total. The number of hydrogen-bond acceptors (Lipinski definition) is 15.